The highest BCUT2D eigenvalue weighted by molar-refractivity contribution is 5.95. The third kappa shape index (κ3) is 2.64. The molecule has 0 unspecified atom stereocenters. The van der Waals surface area contributed by atoms with Crippen molar-refractivity contribution in [3.8, 4) is 0 Å². The molecule has 0 aliphatic carbocycles. The van der Waals surface area contributed by atoms with E-state index >= 15 is 0 Å². The minimum atomic E-state index is 0.0933. The van der Waals surface area contributed by atoms with Crippen molar-refractivity contribution >= 4 is 5.91 Å². The quantitative estimate of drug-likeness (QED) is 0.793. The van der Waals surface area contributed by atoms with E-state index in [0.29, 0.717) is 17.6 Å². The van der Waals surface area contributed by atoms with Crippen LogP contribution in [0.1, 0.15) is 29.9 Å². The van der Waals surface area contributed by atoms with Gasteiger partial charge in [0.2, 0.25) is 0 Å². The predicted molar refractivity (Wildman–Crippen MR) is 66.9 cm³/mol. The highest BCUT2D eigenvalue weighted by Gasteiger charge is 2.26. The topological polar surface area (TPSA) is 45.2 Å². The number of carbonyl (C=O) groups is 1. The van der Waals surface area contributed by atoms with E-state index in [9.17, 15) is 4.79 Å². The van der Waals surface area contributed by atoms with Crippen molar-refractivity contribution in [2.24, 2.45) is 0 Å². The van der Waals surface area contributed by atoms with Crippen LogP contribution in [0, 0.1) is 6.92 Å². The first-order chi connectivity index (χ1) is 8.08. The second-order valence-electron chi connectivity index (χ2n) is 4.82. The van der Waals surface area contributed by atoms with E-state index in [-0.39, 0.29) is 5.91 Å². The molecule has 1 aromatic heterocycles. The van der Waals surface area contributed by atoms with E-state index in [2.05, 4.69) is 24.1 Å². The molecule has 1 aliphatic rings. The van der Waals surface area contributed by atoms with Crippen LogP contribution in [0.5, 0.6) is 0 Å². The van der Waals surface area contributed by atoms with Gasteiger partial charge in [-0.15, -0.1) is 0 Å². The molecule has 1 aliphatic heterocycles. The lowest BCUT2D eigenvalue weighted by Gasteiger charge is -2.36. The van der Waals surface area contributed by atoms with Gasteiger partial charge in [-0.1, -0.05) is 0 Å². The zero-order valence-corrected chi connectivity index (χ0v) is 10.6. The van der Waals surface area contributed by atoms with Crippen molar-refractivity contribution in [1.82, 2.24) is 15.2 Å². The molecule has 2 heterocycles. The van der Waals surface area contributed by atoms with Crippen molar-refractivity contribution in [3.63, 3.8) is 0 Å². The summed E-state index contributed by atoms with van der Waals surface area (Å²) in [5, 5.41) is 3.42. The molecule has 92 valence electrons. The molecule has 1 aromatic rings. The van der Waals surface area contributed by atoms with Crippen molar-refractivity contribution in [3.05, 3.63) is 29.6 Å². The maximum Gasteiger partial charge on any atom is 0.255 e. The van der Waals surface area contributed by atoms with Crippen LogP contribution >= 0.6 is 0 Å². The summed E-state index contributed by atoms with van der Waals surface area (Å²) in [7, 11) is 0. The summed E-state index contributed by atoms with van der Waals surface area (Å²) in [6.07, 6.45) is 1.72. The lowest BCUT2D eigenvalue weighted by molar-refractivity contribution is 0.0672. The third-order valence-corrected chi connectivity index (χ3v) is 3.08. The number of nitrogens with one attached hydrogen (secondary N) is 1. The first-order valence-corrected chi connectivity index (χ1v) is 6.05. The molecule has 0 aromatic carbocycles. The number of hydrogen-bond acceptors (Lipinski definition) is 3. The van der Waals surface area contributed by atoms with E-state index in [1.807, 2.05) is 24.0 Å². The van der Waals surface area contributed by atoms with E-state index in [4.69, 9.17) is 0 Å². The normalized spacial score (nSPS) is 24.8. The number of carbonyl (C=O) groups excluding carboxylic acids is 1. The average Bonchev–Trinajstić information content (AvgIpc) is 2.27. The number of aryl methyl sites for hydroxylation is 1. The maximum absolute atomic E-state index is 12.4. The SMILES string of the molecule is Cc1ncccc1C(=O)N1C[C@@H](C)N[C@H](C)C1. The van der Waals surface area contributed by atoms with Crippen molar-refractivity contribution in [2.75, 3.05) is 13.1 Å². The standard InChI is InChI=1S/C13H19N3O/c1-9-7-16(8-10(2)15-9)13(17)12-5-4-6-14-11(12)3/h4-6,9-10,15H,7-8H2,1-3H3/t9-,10-/m1/s1. The Balaban J connectivity index is 2.17. The van der Waals surface area contributed by atoms with Crippen LogP contribution in [0.3, 0.4) is 0 Å². The van der Waals surface area contributed by atoms with Crippen molar-refractivity contribution in [1.29, 1.82) is 0 Å². The van der Waals surface area contributed by atoms with Gasteiger partial charge in [0.25, 0.3) is 5.91 Å². The monoisotopic (exact) mass is 233 g/mol. The van der Waals surface area contributed by atoms with Gasteiger partial charge < -0.3 is 10.2 Å². The van der Waals surface area contributed by atoms with Gasteiger partial charge >= 0.3 is 0 Å². The number of amides is 1. The number of nitrogens with zero attached hydrogens (tertiary/aromatic N) is 2. The van der Waals surface area contributed by atoms with Gasteiger partial charge in [-0.3, -0.25) is 9.78 Å². The molecule has 1 amide bonds. The lowest BCUT2D eigenvalue weighted by Crippen LogP contribution is -2.55. The Kier molecular flexibility index (Phi) is 3.43. The molecule has 2 atom stereocenters. The summed E-state index contributed by atoms with van der Waals surface area (Å²) >= 11 is 0. The molecule has 1 N–H and O–H groups in total. The van der Waals surface area contributed by atoms with Gasteiger partial charge in [-0.2, -0.15) is 0 Å². The molecule has 4 heteroatoms. The number of aromatic nitrogens is 1. The number of pyridine rings is 1. The maximum atomic E-state index is 12.4. The van der Waals surface area contributed by atoms with E-state index < -0.39 is 0 Å². The molecule has 1 fully saturated rings. The highest BCUT2D eigenvalue weighted by atomic mass is 16.2. The number of hydrogen-bond donors (Lipinski definition) is 1. The van der Waals surface area contributed by atoms with Gasteiger partial charge in [-0.25, -0.2) is 0 Å². The molecule has 4 nitrogen and oxygen atoms in total. The molecule has 0 spiro atoms. The summed E-state index contributed by atoms with van der Waals surface area (Å²) in [4.78, 5) is 18.5. The van der Waals surface area contributed by atoms with Crippen LogP contribution in [0.25, 0.3) is 0 Å². The van der Waals surface area contributed by atoms with Crippen molar-refractivity contribution in [2.45, 2.75) is 32.9 Å². The van der Waals surface area contributed by atoms with Crippen LogP contribution in [-0.2, 0) is 0 Å². The summed E-state index contributed by atoms with van der Waals surface area (Å²) in [5.74, 6) is 0.0933. The fourth-order valence-electron chi connectivity index (χ4n) is 2.37. The van der Waals surface area contributed by atoms with Crippen LogP contribution in [-0.4, -0.2) is 41.0 Å². The molecule has 0 bridgehead atoms. The summed E-state index contributed by atoms with van der Waals surface area (Å²) in [6, 6.07) is 4.36. The summed E-state index contributed by atoms with van der Waals surface area (Å²) in [5.41, 5.74) is 1.52. The molecule has 2 rings (SSSR count). The van der Waals surface area contributed by atoms with Crippen LogP contribution in [0.2, 0.25) is 0 Å². The second-order valence-corrected chi connectivity index (χ2v) is 4.82. The minimum absolute atomic E-state index is 0.0933. The minimum Gasteiger partial charge on any atom is -0.335 e. The van der Waals surface area contributed by atoms with Gasteiger partial charge in [0, 0.05) is 37.1 Å². The fourth-order valence-corrected chi connectivity index (χ4v) is 2.37. The largest absolute Gasteiger partial charge is 0.335 e. The number of rotatable bonds is 1. The van der Waals surface area contributed by atoms with Crippen LogP contribution in [0.15, 0.2) is 18.3 Å². The van der Waals surface area contributed by atoms with Crippen LogP contribution < -0.4 is 5.32 Å². The van der Waals surface area contributed by atoms with Gasteiger partial charge in [0.1, 0.15) is 0 Å². The van der Waals surface area contributed by atoms with Gasteiger partial charge in [0.05, 0.1) is 5.56 Å². The molecule has 0 saturated carbocycles. The van der Waals surface area contributed by atoms with E-state index in [1.165, 1.54) is 0 Å². The zero-order chi connectivity index (χ0) is 12.4. The first-order valence-electron chi connectivity index (χ1n) is 6.05. The smallest absolute Gasteiger partial charge is 0.255 e. The van der Waals surface area contributed by atoms with Gasteiger partial charge in [-0.05, 0) is 32.9 Å². The third-order valence-electron chi connectivity index (χ3n) is 3.08. The Morgan fingerprint density at radius 3 is 2.65 bits per heavy atom. The second kappa shape index (κ2) is 4.84. The molecule has 0 radical (unpaired) electrons. The molecular weight excluding hydrogens is 214 g/mol. The Hall–Kier alpha value is -1.42. The fraction of sp³-hybridized carbons (Fsp3) is 0.538. The Morgan fingerprint density at radius 1 is 1.41 bits per heavy atom. The summed E-state index contributed by atoms with van der Waals surface area (Å²) < 4.78 is 0. The molecule has 17 heavy (non-hydrogen) atoms. The molecule has 1 saturated heterocycles. The first kappa shape index (κ1) is 12.0. The Labute approximate surface area is 102 Å². The number of piperazine rings is 1. The lowest BCUT2D eigenvalue weighted by atomic mass is 10.1. The average molecular weight is 233 g/mol. The predicted octanol–water partition coefficient (Wildman–Crippen LogP) is 1.21. The zero-order valence-electron chi connectivity index (χ0n) is 10.6. The molecular formula is C13H19N3O. The summed E-state index contributed by atoms with van der Waals surface area (Å²) in [6.45, 7) is 7.61. The van der Waals surface area contributed by atoms with E-state index in [1.54, 1.807) is 6.20 Å². The van der Waals surface area contributed by atoms with Crippen molar-refractivity contribution < 1.29 is 4.79 Å². The Bertz CT molecular complexity index is 409. The van der Waals surface area contributed by atoms with Crippen LogP contribution in [0.4, 0.5) is 0 Å². The van der Waals surface area contributed by atoms with E-state index in [0.717, 1.165) is 18.8 Å². The highest BCUT2D eigenvalue weighted by Crippen LogP contribution is 2.12. The van der Waals surface area contributed by atoms with Gasteiger partial charge in [0.15, 0.2) is 0 Å². The Morgan fingerprint density at radius 2 is 2.06 bits per heavy atom.